The molecule has 1 aliphatic rings. The molecule has 1 aliphatic heterocycles. The van der Waals surface area contributed by atoms with E-state index in [0.717, 1.165) is 5.56 Å². The van der Waals surface area contributed by atoms with Crippen molar-refractivity contribution in [2.24, 2.45) is 5.16 Å². The molecule has 0 saturated carbocycles. The van der Waals surface area contributed by atoms with Crippen molar-refractivity contribution in [3.63, 3.8) is 0 Å². The summed E-state index contributed by atoms with van der Waals surface area (Å²) in [5.41, 5.74) is 3.17. The van der Waals surface area contributed by atoms with Gasteiger partial charge in [0.1, 0.15) is 17.2 Å². The first-order chi connectivity index (χ1) is 15.4. The van der Waals surface area contributed by atoms with E-state index in [4.69, 9.17) is 9.57 Å². The fourth-order valence-corrected chi connectivity index (χ4v) is 3.51. The Balaban J connectivity index is 1.49. The van der Waals surface area contributed by atoms with Crippen LogP contribution in [0.15, 0.2) is 59.8 Å². The van der Waals surface area contributed by atoms with Crippen LogP contribution in [0.1, 0.15) is 58.6 Å². The zero-order valence-corrected chi connectivity index (χ0v) is 18.0. The Bertz CT molecular complexity index is 1170. The molecule has 1 unspecified atom stereocenters. The Morgan fingerprint density at radius 2 is 1.97 bits per heavy atom. The number of methoxy groups -OCH3 is 1. The molecule has 0 radical (unpaired) electrons. The number of hydrogen-bond acceptors (Lipinski definition) is 6. The lowest BCUT2D eigenvalue weighted by atomic mass is 10.0. The standard InChI is InChI=1S/C24H23FN4O3/c1-14(17-9-10-18(25)23(11-17)31-3)26-24(30)21-12-19(27-15(2)28-21)20-13-22(32-29-20)16-7-5-4-6-8-16/h4-12,14,22H,13H2,1-3H3,(H,26,30)/t14-,22?/m1/s1. The number of benzene rings is 2. The van der Waals surface area contributed by atoms with E-state index < -0.39 is 5.82 Å². The van der Waals surface area contributed by atoms with Crippen LogP contribution in [0.25, 0.3) is 0 Å². The minimum atomic E-state index is -0.459. The zero-order valence-electron chi connectivity index (χ0n) is 18.0. The highest BCUT2D eigenvalue weighted by Crippen LogP contribution is 2.29. The zero-order chi connectivity index (χ0) is 22.7. The van der Waals surface area contributed by atoms with E-state index in [0.29, 0.717) is 29.2 Å². The van der Waals surface area contributed by atoms with Crippen LogP contribution < -0.4 is 10.1 Å². The Hall–Kier alpha value is -3.81. The van der Waals surface area contributed by atoms with Gasteiger partial charge in [-0.25, -0.2) is 14.4 Å². The molecule has 1 aromatic heterocycles. The number of aromatic nitrogens is 2. The number of aryl methyl sites for hydroxylation is 1. The second kappa shape index (κ2) is 9.13. The molecule has 3 aromatic rings. The molecular formula is C24H23FN4O3. The van der Waals surface area contributed by atoms with Gasteiger partial charge in [0.2, 0.25) is 0 Å². The number of oxime groups is 1. The average molecular weight is 434 g/mol. The molecule has 0 fully saturated rings. The number of amides is 1. The van der Waals surface area contributed by atoms with E-state index in [1.165, 1.54) is 13.2 Å². The molecule has 2 aromatic carbocycles. The molecule has 2 atom stereocenters. The second-order valence-corrected chi connectivity index (χ2v) is 7.52. The van der Waals surface area contributed by atoms with Crippen molar-refractivity contribution in [1.29, 1.82) is 0 Å². The first-order valence-electron chi connectivity index (χ1n) is 10.2. The van der Waals surface area contributed by atoms with Crippen LogP contribution in [-0.2, 0) is 4.84 Å². The van der Waals surface area contributed by atoms with Crippen LogP contribution >= 0.6 is 0 Å². The SMILES string of the molecule is COc1cc([C@@H](C)NC(=O)c2cc(C3=NOC(c4ccccc4)C3)nc(C)n2)ccc1F. The summed E-state index contributed by atoms with van der Waals surface area (Å²) < 4.78 is 18.7. The lowest BCUT2D eigenvalue weighted by Crippen LogP contribution is -2.28. The molecule has 0 bridgehead atoms. The molecule has 2 heterocycles. The van der Waals surface area contributed by atoms with E-state index in [1.807, 2.05) is 30.3 Å². The summed E-state index contributed by atoms with van der Waals surface area (Å²) in [7, 11) is 1.40. The van der Waals surface area contributed by atoms with Crippen LogP contribution in [0, 0.1) is 12.7 Å². The Morgan fingerprint density at radius 1 is 1.19 bits per heavy atom. The van der Waals surface area contributed by atoms with E-state index in [-0.39, 0.29) is 29.5 Å². The van der Waals surface area contributed by atoms with E-state index >= 15 is 0 Å². The number of nitrogens with one attached hydrogen (secondary N) is 1. The Labute approximate surface area is 185 Å². The number of hydrogen-bond donors (Lipinski definition) is 1. The molecule has 8 heteroatoms. The third-order valence-electron chi connectivity index (χ3n) is 5.23. The number of rotatable bonds is 6. The van der Waals surface area contributed by atoms with E-state index in [1.54, 1.807) is 32.0 Å². The van der Waals surface area contributed by atoms with Gasteiger partial charge in [0.15, 0.2) is 17.7 Å². The van der Waals surface area contributed by atoms with Gasteiger partial charge in [-0.05, 0) is 43.2 Å². The predicted molar refractivity (Wildman–Crippen MR) is 117 cm³/mol. The third kappa shape index (κ3) is 4.59. The van der Waals surface area contributed by atoms with Gasteiger partial charge in [0, 0.05) is 6.42 Å². The van der Waals surface area contributed by atoms with Gasteiger partial charge in [-0.15, -0.1) is 0 Å². The van der Waals surface area contributed by atoms with Crippen LogP contribution in [0.3, 0.4) is 0 Å². The summed E-state index contributed by atoms with van der Waals surface area (Å²) in [6, 6.07) is 15.5. The van der Waals surface area contributed by atoms with Crippen LogP contribution in [-0.4, -0.2) is 28.7 Å². The molecule has 0 spiro atoms. The summed E-state index contributed by atoms with van der Waals surface area (Å²) in [4.78, 5) is 27.2. The smallest absolute Gasteiger partial charge is 0.270 e. The van der Waals surface area contributed by atoms with Crippen LogP contribution in [0.4, 0.5) is 4.39 Å². The number of halogens is 1. The highest BCUT2D eigenvalue weighted by atomic mass is 19.1. The maximum atomic E-state index is 13.7. The van der Waals surface area contributed by atoms with Gasteiger partial charge in [-0.1, -0.05) is 41.6 Å². The molecule has 32 heavy (non-hydrogen) atoms. The Morgan fingerprint density at radius 3 is 2.72 bits per heavy atom. The number of carbonyl (C=O) groups is 1. The van der Waals surface area contributed by atoms with Crippen molar-refractivity contribution in [1.82, 2.24) is 15.3 Å². The topological polar surface area (TPSA) is 85.7 Å². The minimum Gasteiger partial charge on any atom is -0.494 e. The van der Waals surface area contributed by atoms with Crippen molar-refractivity contribution in [3.8, 4) is 5.75 Å². The largest absolute Gasteiger partial charge is 0.494 e. The van der Waals surface area contributed by atoms with Crippen molar-refractivity contribution in [3.05, 3.63) is 88.8 Å². The van der Waals surface area contributed by atoms with Crippen LogP contribution in [0.5, 0.6) is 5.75 Å². The molecular weight excluding hydrogens is 411 g/mol. The summed E-state index contributed by atoms with van der Waals surface area (Å²) in [6.45, 7) is 3.53. The molecule has 1 N–H and O–H groups in total. The summed E-state index contributed by atoms with van der Waals surface area (Å²) in [5.74, 6) is -0.253. The maximum absolute atomic E-state index is 13.7. The maximum Gasteiger partial charge on any atom is 0.270 e. The van der Waals surface area contributed by atoms with Crippen LogP contribution in [0.2, 0.25) is 0 Å². The normalized spacial score (nSPS) is 16.1. The lowest BCUT2D eigenvalue weighted by Gasteiger charge is -2.15. The summed E-state index contributed by atoms with van der Waals surface area (Å²) in [6.07, 6.45) is 0.361. The molecule has 0 aliphatic carbocycles. The third-order valence-corrected chi connectivity index (χ3v) is 5.23. The van der Waals surface area contributed by atoms with Gasteiger partial charge in [0.25, 0.3) is 5.91 Å². The average Bonchev–Trinajstić information content (AvgIpc) is 3.30. The molecule has 0 saturated heterocycles. The fraction of sp³-hybridized carbons (Fsp3) is 0.250. The monoisotopic (exact) mass is 434 g/mol. The number of carbonyl (C=O) groups excluding carboxylic acids is 1. The Kier molecular flexibility index (Phi) is 6.11. The van der Waals surface area contributed by atoms with Crippen molar-refractivity contribution in [2.75, 3.05) is 7.11 Å². The van der Waals surface area contributed by atoms with E-state index in [2.05, 4.69) is 20.4 Å². The highest BCUT2D eigenvalue weighted by Gasteiger charge is 2.26. The highest BCUT2D eigenvalue weighted by molar-refractivity contribution is 6.02. The van der Waals surface area contributed by atoms with Gasteiger partial charge in [0.05, 0.1) is 18.8 Å². The first kappa shape index (κ1) is 21.4. The van der Waals surface area contributed by atoms with Gasteiger partial charge in [-0.2, -0.15) is 0 Å². The van der Waals surface area contributed by atoms with Gasteiger partial charge in [-0.3, -0.25) is 4.79 Å². The quantitative estimate of drug-likeness (QED) is 0.626. The number of nitrogens with zero attached hydrogens (tertiary/aromatic N) is 3. The van der Waals surface area contributed by atoms with Crippen molar-refractivity contribution < 1.29 is 18.8 Å². The predicted octanol–water partition coefficient (Wildman–Crippen LogP) is 4.29. The van der Waals surface area contributed by atoms with Crippen molar-refractivity contribution >= 4 is 11.6 Å². The fourth-order valence-electron chi connectivity index (χ4n) is 3.51. The number of ether oxygens (including phenoxy) is 1. The minimum absolute atomic E-state index is 0.121. The summed E-state index contributed by atoms with van der Waals surface area (Å²) >= 11 is 0. The second-order valence-electron chi connectivity index (χ2n) is 7.52. The van der Waals surface area contributed by atoms with Gasteiger partial charge < -0.3 is 14.9 Å². The van der Waals surface area contributed by atoms with Gasteiger partial charge >= 0.3 is 0 Å². The lowest BCUT2D eigenvalue weighted by molar-refractivity contribution is 0.0857. The molecule has 164 valence electrons. The molecule has 1 amide bonds. The van der Waals surface area contributed by atoms with E-state index in [9.17, 15) is 9.18 Å². The molecule has 7 nitrogen and oxygen atoms in total. The molecule has 4 rings (SSSR count). The summed E-state index contributed by atoms with van der Waals surface area (Å²) in [5, 5.41) is 7.07. The first-order valence-corrected chi connectivity index (χ1v) is 10.2. The van der Waals surface area contributed by atoms with Crippen molar-refractivity contribution in [2.45, 2.75) is 32.4 Å².